The number of ketones is 2. The van der Waals surface area contributed by atoms with Gasteiger partial charge in [0, 0.05) is 0 Å². The van der Waals surface area contributed by atoms with E-state index in [0.717, 1.165) is 12.0 Å². The van der Waals surface area contributed by atoms with E-state index in [9.17, 15) is 9.59 Å². The van der Waals surface area contributed by atoms with Crippen LogP contribution < -0.4 is 0 Å². The van der Waals surface area contributed by atoms with Gasteiger partial charge in [0.2, 0.25) is 0 Å². The summed E-state index contributed by atoms with van der Waals surface area (Å²) in [6.07, 6.45) is 2.47. The third-order valence-corrected chi connectivity index (χ3v) is 2.35. The zero-order valence-corrected chi connectivity index (χ0v) is 7.76. The van der Waals surface area contributed by atoms with Crippen molar-refractivity contribution < 1.29 is 9.59 Å². The van der Waals surface area contributed by atoms with E-state index in [1.54, 1.807) is 6.08 Å². The van der Waals surface area contributed by atoms with E-state index in [2.05, 4.69) is 0 Å². The Morgan fingerprint density at radius 3 is 2.58 bits per heavy atom. The van der Waals surface area contributed by atoms with Gasteiger partial charge in [0.05, 0.1) is 5.92 Å². The largest absolute Gasteiger partial charge is 0.299 e. The topological polar surface area (TPSA) is 34.1 Å². The Morgan fingerprint density at radius 1 is 1.58 bits per heavy atom. The van der Waals surface area contributed by atoms with E-state index < -0.39 is 0 Å². The van der Waals surface area contributed by atoms with Crippen molar-refractivity contribution in [3.63, 3.8) is 0 Å². The lowest BCUT2D eigenvalue weighted by molar-refractivity contribution is -0.131. The smallest absolute Gasteiger partial charge is 0.166 e. The fraction of sp³-hybridized carbons (Fsp3) is 0.600. The molecule has 66 valence electrons. The third-order valence-electron chi connectivity index (χ3n) is 2.35. The Kier molecular flexibility index (Phi) is 2.46. The number of rotatable bonds is 1. The van der Waals surface area contributed by atoms with Crippen molar-refractivity contribution in [1.29, 1.82) is 0 Å². The van der Waals surface area contributed by atoms with Crippen LogP contribution in [0.5, 0.6) is 0 Å². The molecule has 0 radical (unpaired) electrons. The average Bonchev–Trinajstić information content (AvgIpc) is 1.82. The molecule has 0 aromatic heterocycles. The summed E-state index contributed by atoms with van der Waals surface area (Å²) >= 11 is 0. The first-order valence-electron chi connectivity index (χ1n) is 4.24. The molecule has 0 aromatic carbocycles. The first-order chi connectivity index (χ1) is 5.52. The van der Waals surface area contributed by atoms with Crippen LogP contribution in [0.1, 0.15) is 27.2 Å². The highest BCUT2D eigenvalue weighted by Crippen LogP contribution is 2.27. The summed E-state index contributed by atoms with van der Waals surface area (Å²) in [4.78, 5) is 22.4. The summed E-state index contributed by atoms with van der Waals surface area (Å²) < 4.78 is 0. The summed E-state index contributed by atoms with van der Waals surface area (Å²) in [6, 6.07) is 0. The summed E-state index contributed by atoms with van der Waals surface area (Å²) in [6.45, 7) is 5.39. The van der Waals surface area contributed by atoms with Gasteiger partial charge in [-0.15, -0.1) is 0 Å². The van der Waals surface area contributed by atoms with Gasteiger partial charge in [-0.1, -0.05) is 12.5 Å². The Bertz CT molecular complexity index is 251. The van der Waals surface area contributed by atoms with Crippen LogP contribution in [-0.2, 0) is 9.59 Å². The van der Waals surface area contributed by atoms with Gasteiger partial charge in [-0.05, 0) is 32.3 Å². The van der Waals surface area contributed by atoms with Crippen molar-refractivity contribution in [2.75, 3.05) is 0 Å². The van der Waals surface area contributed by atoms with Crippen LogP contribution in [0, 0.1) is 11.8 Å². The van der Waals surface area contributed by atoms with E-state index >= 15 is 0 Å². The molecule has 1 rings (SSSR count). The summed E-state index contributed by atoms with van der Waals surface area (Å²) in [7, 11) is 0. The van der Waals surface area contributed by atoms with Crippen LogP contribution in [0.3, 0.4) is 0 Å². The molecule has 12 heavy (non-hydrogen) atoms. The fourth-order valence-corrected chi connectivity index (χ4v) is 1.90. The molecule has 0 saturated heterocycles. The molecule has 1 aliphatic rings. The molecule has 0 fully saturated rings. The molecule has 0 aliphatic heterocycles. The van der Waals surface area contributed by atoms with Crippen molar-refractivity contribution in [1.82, 2.24) is 0 Å². The Labute approximate surface area is 72.7 Å². The van der Waals surface area contributed by atoms with Gasteiger partial charge in [-0.2, -0.15) is 0 Å². The number of hydrogen-bond donors (Lipinski definition) is 0. The lowest BCUT2D eigenvalue weighted by atomic mass is 9.78. The average molecular weight is 166 g/mol. The molecule has 0 aromatic rings. The van der Waals surface area contributed by atoms with Crippen LogP contribution in [0.2, 0.25) is 0 Å². The normalized spacial score (nSPS) is 29.9. The third kappa shape index (κ3) is 1.63. The van der Waals surface area contributed by atoms with Gasteiger partial charge in [0.1, 0.15) is 5.78 Å². The molecule has 1 aliphatic carbocycles. The van der Waals surface area contributed by atoms with E-state index in [-0.39, 0.29) is 23.4 Å². The maximum atomic E-state index is 11.4. The van der Waals surface area contributed by atoms with Crippen molar-refractivity contribution in [2.24, 2.45) is 11.8 Å². The zero-order valence-electron chi connectivity index (χ0n) is 7.76. The molecule has 0 N–H and O–H groups in total. The van der Waals surface area contributed by atoms with E-state index in [0.29, 0.717) is 0 Å². The van der Waals surface area contributed by atoms with E-state index in [1.807, 2.05) is 13.8 Å². The second-order valence-electron chi connectivity index (χ2n) is 3.66. The highest BCUT2D eigenvalue weighted by molar-refractivity contribution is 6.07. The summed E-state index contributed by atoms with van der Waals surface area (Å²) in [5.74, 6) is -0.219. The minimum absolute atomic E-state index is 0.00347. The first-order valence-corrected chi connectivity index (χ1v) is 4.24. The number of hydrogen-bond acceptors (Lipinski definition) is 2. The van der Waals surface area contributed by atoms with Gasteiger partial charge < -0.3 is 0 Å². The highest BCUT2D eigenvalue weighted by atomic mass is 16.1. The second-order valence-corrected chi connectivity index (χ2v) is 3.66. The minimum Gasteiger partial charge on any atom is -0.299 e. The lowest BCUT2D eigenvalue weighted by Gasteiger charge is -2.23. The van der Waals surface area contributed by atoms with Crippen LogP contribution in [0.4, 0.5) is 0 Å². The van der Waals surface area contributed by atoms with Crippen LogP contribution in [0.15, 0.2) is 11.6 Å². The molecular formula is C10H14O2. The van der Waals surface area contributed by atoms with E-state index in [4.69, 9.17) is 0 Å². The highest BCUT2D eigenvalue weighted by Gasteiger charge is 2.31. The maximum absolute atomic E-state index is 11.4. The van der Waals surface area contributed by atoms with Gasteiger partial charge in [0.25, 0.3) is 0 Å². The van der Waals surface area contributed by atoms with Crippen LogP contribution in [0.25, 0.3) is 0 Å². The van der Waals surface area contributed by atoms with Crippen molar-refractivity contribution >= 4 is 11.6 Å². The Hall–Kier alpha value is -0.920. The van der Waals surface area contributed by atoms with Gasteiger partial charge in [0.15, 0.2) is 5.78 Å². The molecule has 0 bridgehead atoms. The number of Topliss-reactive ketones (excluding diaryl/α,β-unsaturated/α-hetero) is 1. The first kappa shape index (κ1) is 9.17. The van der Waals surface area contributed by atoms with Gasteiger partial charge in [-0.3, -0.25) is 9.59 Å². The molecule has 0 saturated carbocycles. The number of allylic oxidation sites excluding steroid dienone is 2. The Morgan fingerprint density at radius 2 is 2.17 bits per heavy atom. The molecule has 0 amide bonds. The van der Waals surface area contributed by atoms with Crippen molar-refractivity contribution in [2.45, 2.75) is 27.2 Å². The molecule has 2 atom stereocenters. The predicted molar refractivity (Wildman–Crippen MR) is 46.7 cm³/mol. The lowest BCUT2D eigenvalue weighted by Crippen LogP contribution is -2.30. The maximum Gasteiger partial charge on any atom is 0.166 e. The molecule has 0 spiro atoms. The molecule has 2 heteroatoms. The fourth-order valence-electron chi connectivity index (χ4n) is 1.90. The summed E-state index contributed by atoms with van der Waals surface area (Å²) in [5.41, 5.74) is 1.09. The van der Waals surface area contributed by atoms with E-state index in [1.165, 1.54) is 6.92 Å². The monoisotopic (exact) mass is 166 g/mol. The zero-order chi connectivity index (χ0) is 9.30. The predicted octanol–water partition coefficient (Wildman–Crippen LogP) is 1.75. The molecule has 2 unspecified atom stereocenters. The number of carbonyl (C=O) groups excluding carboxylic acids is 2. The van der Waals surface area contributed by atoms with Gasteiger partial charge in [-0.25, -0.2) is 0 Å². The molecule has 0 heterocycles. The molecular weight excluding hydrogens is 152 g/mol. The van der Waals surface area contributed by atoms with Crippen LogP contribution >= 0.6 is 0 Å². The van der Waals surface area contributed by atoms with Crippen molar-refractivity contribution in [3.8, 4) is 0 Å². The van der Waals surface area contributed by atoms with Crippen molar-refractivity contribution in [3.05, 3.63) is 11.6 Å². The quantitative estimate of drug-likeness (QED) is 0.556. The second kappa shape index (κ2) is 3.21. The SMILES string of the molecule is CC(=O)C1C(=O)C=C(C)CC1C. The minimum atomic E-state index is -0.381. The summed E-state index contributed by atoms with van der Waals surface area (Å²) in [5, 5.41) is 0. The van der Waals surface area contributed by atoms with Gasteiger partial charge >= 0.3 is 0 Å². The Balaban J connectivity index is 2.90. The number of carbonyl (C=O) groups is 2. The van der Waals surface area contributed by atoms with Crippen LogP contribution in [-0.4, -0.2) is 11.6 Å². The standard InChI is InChI=1S/C10H14O2/c1-6-4-7(2)10(8(3)11)9(12)5-6/h5,7,10H,4H2,1-3H3. The molecule has 2 nitrogen and oxygen atoms in total.